The van der Waals surface area contributed by atoms with Gasteiger partial charge in [0.05, 0.1) is 25.4 Å². The number of ether oxygens (including phenoxy) is 1. The smallest absolute Gasteiger partial charge is 0.317 e. The van der Waals surface area contributed by atoms with Crippen LogP contribution in [0.1, 0.15) is 44.3 Å². The second-order valence-corrected chi connectivity index (χ2v) is 7.10. The molecule has 1 aliphatic carbocycles. The van der Waals surface area contributed by atoms with E-state index in [1.54, 1.807) is 0 Å². The molecule has 5 nitrogen and oxygen atoms in total. The SMILES string of the molecule is CCC1(CNC(=O)N2CCOCC2CC(O)c2ccccc2)CC1. The van der Waals surface area contributed by atoms with Gasteiger partial charge in [0.25, 0.3) is 0 Å². The Morgan fingerprint density at radius 3 is 2.83 bits per heavy atom. The van der Waals surface area contributed by atoms with Crippen LogP contribution in [0.25, 0.3) is 0 Å². The molecule has 1 saturated heterocycles. The molecule has 0 spiro atoms. The molecule has 0 aromatic heterocycles. The standard InChI is InChI=1S/C19H28N2O3/c1-2-19(8-9-19)14-20-18(23)21-10-11-24-13-16(21)12-17(22)15-6-4-3-5-7-15/h3-7,16-17,22H,2,8-14H2,1H3,(H,20,23). The van der Waals surface area contributed by atoms with Crippen LogP contribution >= 0.6 is 0 Å². The summed E-state index contributed by atoms with van der Waals surface area (Å²) in [6.07, 6.45) is 3.45. The second-order valence-electron chi connectivity index (χ2n) is 7.10. The van der Waals surface area contributed by atoms with Gasteiger partial charge in [0.1, 0.15) is 0 Å². The number of aliphatic hydroxyl groups excluding tert-OH is 1. The summed E-state index contributed by atoms with van der Waals surface area (Å²) in [7, 11) is 0. The largest absolute Gasteiger partial charge is 0.388 e. The third-order valence-electron chi connectivity index (χ3n) is 5.49. The van der Waals surface area contributed by atoms with Crippen molar-refractivity contribution in [2.24, 2.45) is 5.41 Å². The van der Waals surface area contributed by atoms with E-state index in [2.05, 4.69) is 12.2 Å². The maximum absolute atomic E-state index is 12.6. The van der Waals surface area contributed by atoms with Gasteiger partial charge in [-0.1, -0.05) is 37.3 Å². The Labute approximate surface area is 144 Å². The van der Waals surface area contributed by atoms with E-state index in [0.29, 0.717) is 31.6 Å². The Balaban J connectivity index is 1.57. The minimum absolute atomic E-state index is 0.0247. The van der Waals surface area contributed by atoms with Gasteiger partial charge in [-0.15, -0.1) is 0 Å². The fourth-order valence-corrected chi connectivity index (χ4v) is 3.38. The van der Waals surface area contributed by atoms with Crippen molar-refractivity contribution in [1.29, 1.82) is 0 Å². The molecule has 2 fully saturated rings. The van der Waals surface area contributed by atoms with Crippen LogP contribution in [0.3, 0.4) is 0 Å². The Kier molecular flexibility index (Phi) is 5.41. The average Bonchev–Trinajstić information content (AvgIpc) is 3.41. The molecule has 2 unspecified atom stereocenters. The van der Waals surface area contributed by atoms with Crippen LogP contribution in [0.4, 0.5) is 4.79 Å². The first-order chi connectivity index (χ1) is 11.6. The number of morpholine rings is 1. The van der Waals surface area contributed by atoms with Gasteiger partial charge in [-0.2, -0.15) is 0 Å². The van der Waals surface area contributed by atoms with E-state index in [4.69, 9.17) is 4.74 Å². The number of rotatable bonds is 6. The van der Waals surface area contributed by atoms with Gasteiger partial charge in [0.15, 0.2) is 0 Å². The maximum Gasteiger partial charge on any atom is 0.317 e. The summed E-state index contributed by atoms with van der Waals surface area (Å²) < 4.78 is 5.55. The number of nitrogens with one attached hydrogen (secondary N) is 1. The van der Waals surface area contributed by atoms with E-state index in [1.165, 1.54) is 12.8 Å². The summed E-state index contributed by atoms with van der Waals surface area (Å²) in [4.78, 5) is 14.4. The van der Waals surface area contributed by atoms with Gasteiger partial charge in [-0.25, -0.2) is 4.79 Å². The number of urea groups is 1. The number of hydrogen-bond donors (Lipinski definition) is 2. The van der Waals surface area contributed by atoms with Gasteiger partial charge in [-0.05, 0) is 30.2 Å². The lowest BCUT2D eigenvalue weighted by molar-refractivity contribution is -0.00712. The second kappa shape index (κ2) is 7.53. The van der Waals surface area contributed by atoms with E-state index >= 15 is 0 Å². The first-order valence-corrected chi connectivity index (χ1v) is 8.99. The highest BCUT2D eigenvalue weighted by Gasteiger charge is 2.41. The molecular weight excluding hydrogens is 304 g/mol. The lowest BCUT2D eigenvalue weighted by Crippen LogP contribution is -2.53. The average molecular weight is 332 g/mol. The summed E-state index contributed by atoms with van der Waals surface area (Å²) in [6, 6.07) is 9.48. The van der Waals surface area contributed by atoms with Crippen molar-refractivity contribution in [3.63, 3.8) is 0 Å². The molecule has 1 saturated carbocycles. The van der Waals surface area contributed by atoms with Crippen LogP contribution in [0.15, 0.2) is 30.3 Å². The fourth-order valence-electron chi connectivity index (χ4n) is 3.38. The first-order valence-electron chi connectivity index (χ1n) is 8.99. The summed E-state index contributed by atoms with van der Waals surface area (Å²) in [5.41, 5.74) is 1.22. The van der Waals surface area contributed by atoms with Gasteiger partial charge < -0.3 is 20.1 Å². The van der Waals surface area contributed by atoms with Crippen LogP contribution < -0.4 is 5.32 Å². The van der Waals surface area contributed by atoms with Gasteiger partial charge >= 0.3 is 6.03 Å². The summed E-state index contributed by atoms with van der Waals surface area (Å²) in [5.74, 6) is 0. The maximum atomic E-state index is 12.6. The molecule has 2 N–H and O–H groups in total. The fraction of sp³-hybridized carbons (Fsp3) is 0.632. The monoisotopic (exact) mass is 332 g/mol. The van der Waals surface area contributed by atoms with Crippen molar-refractivity contribution in [3.05, 3.63) is 35.9 Å². The van der Waals surface area contributed by atoms with E-state index in [9.17, 15) is 9.90 Å². The van der Waals surface area contributed by atoms with E-state index in [-0.39, 0.29) is 12.1 Å². The summed E-state index contributed by atoms with van der Waals surface area (Å²) >= 11 is 0. The predicted octanol–water partition coefficient (Wildman–Crippen LogP) is 2.71. The topological polar surface area (TPSA) is 61.8 Å². The van der Waals surface area contributed by atoms with E-state index in [0.717, 1.165) is 18.5 Å². The number of hydrogen-bond acceptors (Lipinski definition) is 3. The van der Waals surface area contributed by atoms with Gasteiger partial charge in [0.2, 0.25) is 0 Å². The Morgan fingerprint density at radius 2 is 2.17 bits per heavy atom. The third-order valence-corrected chi connectivity index (χ3v) is 5.49. The van der Waals surface area contributed by atoms with Crippen LogP contribution in [0.5, 0.6) is 0 Å². The van der Waals surface area contributed by atoms with Crippen molar-refractivity contribution in [2.75, 3.05) is 26.3 Å². The highest BCUT2D eigenvalue weighted by Crippen LogP contribution is 2.47. The third kappa shape index (κ3) is 4.08. The number of carbonyl (C=O) groups excluding carboxylic acids is 1. The van der Waals surface area contributed by atoms with Crippen LogP contribution in [-0.4, -0.2) is 48.4 Å². The summed E-state index contributed by atoms with van der Waals surface area (Å²) in [6.45, 7) is 4.57. The Bertz CT molecular complexity index is 545. The van der Waals surface area contributed by atoms with Crippen molar-refractivity contribution in [1.82, 2.24) is 10.2 Å². The lowest BCUT2D eigenvalue weighted by atomic mass is 10.0. The van der Waals surface area contributed by atoms with Crippen molar-refractivity contribution < 1.29 is 14.6 Å². The highest BCUT2D eigenvalue weighted by atomic mass is 16.5. The minimum atomic E-state index is -0.585. The molecule has 132 valence electrons. The zero-order chi connectivity index (χ0) is 17.0. The Morgan fingerprint density at radius 1 is 1.42 bits per heavy atom. The summed E-state index contributed by atoms with van der Waals surface area (Å²) in [5, 5.41) is 13.6. The molecular formula is C19H28N2O3. The Hall–Kier alpha value is -1.59. The molecule has 24 heavy (non-hydrogen) atoms. The van der Waals surface area contributed by atoms with Crippen LogP contribution in [-0.2, 0) is 4.74 Å². The molecule has 2 aliphatic rings. The van der Waals surface area contributed by atoms with Crippen LogP contribution in [0.2, 0.25) is 0 Å². The number of benzene rings is 1. The number of aliphatic hydroxyl groups is 1. The molecule has 0 radical (unpaired) electrons. The van der Waals surface area contributed by atoms with Crippen molar-refractivity contribution in [2.45, 2.75) is 44.8 Å². The van der Waals surface area contributed by atoms with Crippen molar-refractivity contribution in [3.8, 4) is 0 Å². The number of amides is 2. The molecule has 3 rings (SSSR count). The minimum Gasteiger partial charge on any atom is -0.388 e. The molecule has 1 aromatic carbocycles. The quantitative estimate of drug-likeness (QED) is 0.842. The molecule has 1 aromatic rings. The first kappa shape index (κ1) is 17.2. The van der Waals surface area contributed by atoms with Gasteiger partial charge in [0, 0.05) is 19.5 Å². The predicted molar refractivity (Wildman–Crippen MR) is 92.7 cm³/mol. The lowest BCUT2D eigenvalue weighted by Gasteiger charge is -2.37. The van der Waals surface area contributed by atoms with Crippen molar-refractivity contribution >= 4 is 6.03 Å². The molecule has 2 amide bonds. The molecule has 0 bridgehead atoms. The zero-order valence-corrected chi connectivity index (χ0v) is 14.4. The zero-order valence-electron chi connectivity index (χ0n) is 14.4. The number of carbonyl (C=O) groups is 1. The molecule has 5 heteroatoms. The molecule has 2 atom stereocenters. The molecule has 1 heterocycles. The van der Waals surface area contributed by atoms with Gasteiger partial charge in [-0.3, -0.25) is 0 Å². The number of nitrogens with zero attached hydrogens (tertiary/aromatic N) is 1. The van der Waals surface area contributed by atoms with E-state index < -0.39 is 6.10 Å². The van der Waals surface area contributed by atoms with E-state index in [1.807, 2.05) is 35.2 Å². The highest BCUT2D eigenvalue weighted by molar-refractivity contribution is 5.74. The molecule has 1 aliphatic heterocycles. The normalized spacial score (nSPS) is 23.6. The van der Waals surface area contributed by atoms with Crippen LogP contribution in [0, 0.1) is 5.41 Å².